The summed E-state index contributed by atoms with van der Waals surface area (Å²) in [6, 6.07) is 12.9. The van der Waals surface area contributed by atoms with E-state index in [1.807, 2.05) is 26.0 Å². The number of Topliss-reactive ketones (excluding diaryl/α,β-unsaturated/α-hetero) is 1. The number of benzene rings is 2. The number of fused-ring (bicyclic) bond motifs is 2. The van der Waals surface area contributed by atoms with Gasteiger partial charge in [0, 0.05) is 22.4 Å². The number of ketones is 1. The molecule has 2 aliphatic rings. The van der Waals surface area contributed by atoms with Gasteiger partial charge in [-0.1, -0.05) is 56.3 Å². The van der Waals surface area contributed by atoms with Gasteiger partial charge in [-0.2, -0.15) is 0 Å². The third kappa shape index (κ3) is 6.60. The standard InChI is InChI=1S/C30H36N4O7S/c1-4-14-31-27(18-34(38)39)32-24-7-5-6-22(16-24)21-10-8-20(9-11-21)15-25(28(36)37)33-42(40,41)19-30-13-12-23(17-26(30)35)29(30,2)3/h4-11,16,23,25,33H,1,12-15,17-19H2,2-3H3,(H,31,32)(H,36,37)/t23-,25-,30?/m0/s1. The molecule has 0 aliphatic heterocycles. The smallest absolute Gasteiger partial charge is 0.322 e. The molecule has 224 valence electrons. The predicted octanol–water partition coefficient (Wildman–Crippen LogP) is 3.94. The van der Waals surface area contributed by atoms with E-state index in [1.54, 1.807) is 42.5 Å². The number of carbonyl (C=O) groups is 2. The van der Waals surface area contributed by atoms with Gasteiger partial charge in [-0.25, -0.2) is 13.1 Å². The molecule has 0 saturated heterocycles. The average Bonchev–Trinajstić information content (AvgIpc) is 3.25. The summed E-state index contributed by atoms with van der Waals surface area (Å²) < 4.78 is 28.7. The molecule has 0 heterocycles. The lowest BCUT2D eigenvalue weighted by Gasteiger charge is -2.36. The van der Waals surface area contributed by atoms with Crippen LogP contribution in [0.25, 0.3) is 11.1 Å². The number of carbonyl (C=O) groups excluding carboxylic acids is 1. The largest absolute Gasteiger partial charge is 0.480 e. The van der Waals surface area contributed by atoms with Gasteiger partial charge in [0.1, 0.15) is 11.8 Å². The predicted molar refractivity (Wildman–Crippen MR) is 160 cm³/mol. The van der Waals surface area contributed by atoms with Crippen LogP contribution < -0.4 is 10.0 Å². The lowest BCUT2D eigenvalue weighted by molar-refractivity contribution is -0.463. The van der Waals surface area contributed by atoms with Crippen LogP contribution in [0.5, 0.6) is 0 Å². The fourth-order valence-corrected chi connectivity index (χ4v) is 8.34. The van der Waals surface area contributed by atoms with Crippen LogP contribution in [0.15, 0.2) is 66.2 Å². The van der Waals surface area contributed by atoms with Crippen LogP contribution in [-0.4, -0.2) is 60.9 Å². The Morgan fingerprint density at radius 3 is 2.52 bits per heavy atom. The van der Waals surface area contributed by atoms with E-state index < -0.39 is 50.1 Å². The maximum atomic E-state index is 13.2. The van der Waals surface area contributed by atoms with Crippen LogP contribution in [0, 0.1) is 26.9 Å². The van der Waals surface area contributed by atoms with E-state index >= 15 is 0 Å². The summed E-state index contributed by atoms with van der Waals surface area (Å²) in [5, 5.41) is 23.8. The number of nitro groups is 1. The first-order valence-electron chi connectivity index (χ1n) is 13.7. The molecule has 0 radical (unpaired) electrons. The molecule has 2 aromatic carbocycles. The number of anilines is 1. The Labute approximate surface area is 245 Å². The van der Waals surface area contributed by atoms with Crippen molar-refractivity contribution < 1.29 is 28.0 Å². The molecule has 4 rings (SSSR count). The summed E-state index contributed by atoms with van der Waals surface area (Å²) >= 11 is 0. The van der Waals surface area contributed by atoms with E-state index in [2.05, 4.69) is 21.6 Å². The van der Waals surface area contributed by atoms with Gasteiger partial charge in [0.05, 0.1) is 12.3 Å². The highest BCUT2D eigenvalue weighted by molar-refractivity contribution is 7.89. The second kappa shape index (κ2) is 12.1. The molecule has 2 saturated carbocycles. The van der Waals surface area contributed by atoms with Crippen LogP contribution in [0.4, 0.5) is 5.69 Å². The summed E-state index contributed by atoms with van der Waals surface area (Å²) in [5.74, 6) is -1.41. The number of sulfonamides is 1. The lowest BCUT2D eigenvalue weighted by atomic mass is 9.70. The Kier molecular flexibility index (Phi) is 8.98. The average molecular weight is 597 g/mol. The fraction of sp³-hybridized carbons (Fsp3) is 0.433. The molecule has 0 amide bonds. The van der Waals surface area contributed by atoms with Gasteiger partial charge in [0.25, 0.3) is 6.54 Å². The van der Waals surface area contributed by atoms with E-state index in [1.165, 1.54) is 0 Å². The Morgan fingerprint density at radius 1 is 1.24 bits per heavy atom. The second-order valence-corrected chi connectivity index (χ2v) is 13.4. The van der Waals surface area contributed by atoms with Crippen molar-refractivity contribution in [1.29, 1.82) is 0 Å². The highest BCUT2D eigenvalue weighted by Crippen LogP contribution is 2.64. The summed E-state index contributed by atoms with van der Waals surface area (Å²) in [5.41, 5.74) is 1.41. The summed E-state index contributed by atoms with van der Waals surface area (Å²) in [6.45, 7) is 7.23. The molecule has 2 aliphatic carbocycles. The molecule has 2 fully saturated rings. The Bertz CT molecular complexity index is 1520. The van der Waals surface area contributed by atoms with Crippen molar-refractivity contribution in [3.05, 3.63) is 76.9 Å². The first kappa shape index (κ1) is 31.0. The number of rotatable bonds is 13. The van der Waals surface area contributed by atoms with Crippen LogP contribution in [0.3, 0.4) is 0 Å². The van der Waals surface area contributed by atoms with E-state index in [-0.39, 0.29) is 30.5 Å². The molecule has 3 N–H and O–H groups in total. The van der Waals surface area contributed by atoms with E-state index in [0.717, 1.165) is 17.5 Å². The van der Waals surface area contributed by atoms with Crippen molar-refractivity contribution in [3.8, 4) is 11.1 Å². The molecular formula is C30H36N4O7S. The van der Waals surface area contributed by atoms with Gasteiger partial charge in [0.15, 0.2) is 5.84 Å². The summed E-state index contributed by atoms with van der Waals surface area (Å²) in [4.78, 5) is 39.5. The zero-order chi connectivity index (χ0) is 30.7. The van der Waals surface area contributed by atoms with Crippen molar-refractivity contribution in [2.24, 2.45) is 21.7 Å². The minimum Gasteiger partial charge on any atom is -0.480 e. The van der Waals surface area contributed by atoms with E-state index in [4.69, 9.17) is 0 Å². The van der Waals surface area contributed by atoms with Gasteiger partial charge >= 0.3 is 5.97 Å². The fourth-order valence-electron chi connectivity index (χ4n) is 6.31. The lowest BCUT2D eigenvalue weighted by Crippen LogP contribution is -2.49. The van der Waals surface area contributed by atoms with Gasteiger partial charge in [-0.15, -0.1) is 6.58 Å². The van der Waals surface area contributed by atoms with E-state index in [0.29, 0.717) is 24.1 Å². The molecule has 0 aromatic heterocycles. The van der Waals surface area contributed by atoms with Crippen molar-refractivity contribution in [3.63, 3.8) is 0 Å². The first-order chi connectivity index (χ1) is 19.8. The molecule has 3 atom stereocenters. The molecule has 2 bridgehead atoms. The minimum absolute atomic E-state index is 0.0473. The highest BCUT2D eigenvalue weighted by atomic mass is 32.2. The topological polar surface area (TPSA) is 168 Å². The Morgan fingerprint density at radius 2 is 1.95 bits per heavy atom. The molecule has 0 spiro atoms. The third-order valence-electron chi connectivity index (χ3n) is 8.76. The molecule has 12 heteroatoms. The number of aliphatic carboxylic acids is 1. The summed E-state index contributed by atoms with van der Waals surface area (Å²) in [7, 11) is -4.07. The molecule has 1 unspecified atom stereocenters. The van der Waals surface area contributed by atoms with Crippen LogP contribution >= 0.6 is 0 Å². The van der Waals surface area contributed by atoms with Crippen molar-refractivity contribution in [1.82, 2.24) is 4.72 Å². The van der Waals surface area contributed by atoms with Crippen molar-refractivity contribution in [2.75, 3.05) is 24.2 Å². The number of nitrogens with one attached hydrogen (secondary N) is 2. The second-order valence-electron chi connectivity index (χ2n) is 11.6. The first-order valence-corrected chi connectivity index (χ1v) is 15.4. The Balaban J connectivity index is 1.45. The van der Waals surface area contributed by atoms with Gasteiger partial charge in [-0.05, 0) is 59.4 Å². The van der Waals surface area contributed by atoms with Crippen molar-refractivity contribution >= 4 is 33.3 Å². The Hall–Kier alpha value is -3.90. The van der Waals surface area contributed by atoms with Gasteiger partial charge < -0.3 is 10.4 Å². The van der Waals surface area contributed by atoms with Crippen molar-refractivity contribution in [2.45, 2.75) is 45.6 Å². The molecule has 2 aromatic rings. The van der Waals surface area contributed by atoms with Gasteiger partial charge in [0.2, 0.25) is 10.0 Å². The number of amidine groups is 1. The van der Waals surface area contributed by atoms with Crippen LogP contribution in [0.2, 0.25) is 0 Å². The normalized spacial score (nSPS) is 22.1. The maximum absolute atomic E-state index is 13.2. The number of nitrogens with zero attached hydrogens (tertiary/aromatic N) is 2. The monoisotopic (exact) mass is 596 g/mol. The zero-order valence-corrected chi connectivity index (χ0v) is 24.5. The van der Waals surface area contributed by atoms with E-state index in [9.17, 15) is 33.2 Å². The minimum atomic E-state index is -4.07. The highest BCUT2D eigenvalue weighted by Gasteiger charge is 2.65. The third-order valence-corrected chi connectivity index (χ3v) is 10.3. The summed E-state index contributed by atoms with van der Waals surface area (Å²) in [6.07, 6.45) is 3.14. The number of hydrogen-bond donors (Lipinski definition) is 3. The number of aliphatic imine (C=N–C) groups is 1. The molecular weight excluding hydrogens is 560 g/mol. The molecule has 42 heavy (non-hydrogen) atoms. The maximum Gasteiger partial charge on any atom is 0.322 e. The SMILES string of the molecule is C=CCN=C(C[N+](=O)[O-])Nc1cccc(-c2ccc(C[C@H](NS(=O)(=O)CC34CC[C@@H](CC3=O)C4(C)C)C(=O)O)cc2)c1. The number of hydrogen-bond acceptors (Lipinski definition) is 7. The van der Waals surface area contributed by atoms with Gasteiger partial charge in [-0.3, -0.25) is 24.7 Å². The van der Waals surface area contributed by atoms with Crippen LogP contribution in [0.1, 0.15) is 38.7 Å². The number of carboxylic acids is 1. The molecule has 11 nitrogen and oxygen atoms in total. The zero-order valence-electron chi connectivity index (χ0n) is 23.7. The number of carboxylic acid groups (broad SMARTS) is 1. The quantitative estimate of drug-likeness (QED) is 0.103. The van der Waals surface area contributed by atoms with Crippen LogP contribution in [-0.2, 0) is 26.0 Å².